The number of Topliss-reactive ketones (excluding diaryl/α,β-unsaturated/α-hetero) is 1. The summed E-state index contributed by atoms with van der Waals surface area (Å²) in [6, 6.07) is 6.07. The molecule has 1 aliphatic heterocycles. The lowest BCUT2D eigenvalue weighted by Crippen LogP contribution is -2.63. The highest BCUT2D eigenvalue weighted by atomic mass is 16.7. The second-order valence-corrected chi connectivity index (χ2v) is 7.27. The van der Waals surface area contributed by atoms with E-state index in [2.05, 4.69) is 0 Å². The number of benzene rings is 1. The van der Waals surface area contributed by atoms with E-state index < -0.39 is 54.6 Å². The Labute approximate surface area is 190 Å². The van der Waals surface area contributed by atoms with Crippen molar-refractivity contribution in [1.29, 1.82) is 0 Å². The first-order valence-corrected chi connectivity index (χ1v) is 10.1. The molecule has 1 fully saturated rings. The summed E-state index contributed by atoms with van der Waals surface area (Å²) >= 11 is 0. The number of hydrogen-bond acceptors (Lipinski definition) is 11. The Morgan fingerprint density at radius 3 is 1.73 bits per heavy atom. The van der Waals surface area contributed by atoms with E-state index in [0.717, 1.165) is 20.8 Å². The van der Waals surface area contributed by atoms with E-state index >= 15 is 0 Å². The smallest absolute Gasteiger partial charge is 0.303 e. The van der Waals surface area contributed by atoms with Crippen LogP contribution in [0.3, 0.4) is 0 Å². The van der Waals surface area contributed by atoms with Gasteiger partial charge in [0, 0.05) is 33.3 Å². The predicted molar refractivity (Wildman–Crippen MR) is 109 cm³/mol. The molecule has 5 atom stereocenters. The summed E-state index contributed by atoms with van der Waals surface area (Å²) in [6.07, 6.45) is -6.39. The Kier molecular flexibility index (Phi) is 8.92. The van der Waals surface area contributed by atoms with E-state index in [0.29, 0.717) is 5.56 Å². The van der Waals surface area contributed by atoms with E-state index in [1.54, 1.807) is 0 Å². The van der Waals surface area contributed by atoms with Crippen molar-refractivity contribution in [2.24, 2.45) is 0 Å². The van der Waals surface area contributed by atoms with E-state index in [4.69, 9.17) is 28.4 Å². The SMILES string of the molecule is CC(=O)OC[C@@H]1O[C@@H](Oc2ccc(C(C)=O)cc2)[C@H](OC(C)=O)[C@H](OC(C)=O)[C@@H]1OC(C)=O. The van der Waals surface area contributed by atoms with Gasteiger partial charge in [-0.15, -0.1) is 0 Å². The zero-order valence-corrected chi connectivity index (χ0v) is 18.9. The average molecular weight is 466 g/mol. The minimum atomic E-state index is -1.34. The Morgan fingerprint density at radius 1 is 0.727 bits per heavy atom. The van der Waals surface area contributed by atoms with Crippen LogP contribution in [0.4, 0.5) is 0 Å². The van der Waals surface area contributed by atoms with Crippen LogP contribution in [0.2, 0.25) is 0 Å². The summed E-state index contributed by atoms with van der Waals surface area (Å²) in [5, 5.41) is 0. The summed E-state index contributed by atoms with van der Waals surface area (Å²) in [6.45, 7) is 5.63. The molecular weight excluding hydrogens is 440 g/mol. The molecule has 1 heterocycles. The maximum atomic E-state index is 11.8. The van der Waals surface area contributed by atoms with Crippen molar-refractivity contribution in [3.05, 3.63) is 29.8 Å². The number of carbonyl (C=O) groups excluding carboxylic acids is 5. The standard InChI is InChI=1S/C22H26O11/c1-11(23)16-6-8-17(9-7-16)32-22-21(31-15(5)27)20(30-14(4)26)19(29-13(3)25)18(33-22)10-28-12(2)24/h6-9,18-22H,10H2,1-5H3/t18-,19+,20+,21+,22+/m0/s1. The van der Waals surface area contributed by atoms with E-state index in [1.807, 2.05) is 0 Å². The highest BCUT2D eigenvalue weighted by Crippen LogP contribution is 2.31. The van der Waals surface area contributed by atoms with Gasteiger partial charge in [-0.1, -0.05) is 0 Å². The van der Waals surface area contributed by atoms with Gasteiger partial charge in [0.1, 0.15) is 18.5 Å². The summed E-state index contributed by atoms with van der Waals surface area (Å²) in [5.74, 6) is -2.72. The van der Waals surface area contributed by atoms with Gasteiger partial charge in [-0.05, 0) is 31.2 Å². The molecule has 11 nitrogen and oxygen atoms in total. The molecule has 11 heteroatoms. The second-order valence-electron chi connectivity index (χ2n) is 7.27. The molecule has 1 saturated heterocycles. The lowest BCUT2D eigenvalue weighted by Gasteiger charge is -2.43. The molecule has 1 aliphatic rings. The van der Waals surface area contributed by atoms with Crippen LogP contribution >= 0.6 is 0 Å². The first-order valence-electron chi connectivity index (χ1n) is 10.1. The Morgan fingerprint density at radius 2 is 1.24 bits per heavy atom. The third-order valence-electron chi connectivity index (χ3n) is 4.46. The van der Waals surface area contributed by atoms with Gasteiger partial charge in [-0.25, -0.2) is 0 Å². The van der Waals surface area contributed by atoms with Crippen molar-refractivity contribution in [3.8, 4) is 5.75 Å². The number of rotatable bonds is 8. The Balaban J connectivity index is 2.43. The van der Waals surface area contributed by atoms with Gasteiger partial charge in [-0.2, -0.15) is 0 Å². The van der Waals surface area contributed by atoms with Crippen molar-refractivity contribution in [3.63, 3.8) is 0 Å². The molecule has 0 radical (unpaired) electrons. The molecule has 2 rings (SSSR count). The van der Waals surface area contributed by atoms with Gasteiger partial charge < -0.3 is 28.4 Å². The Hall–Kier alpha value is -3.47. The lowest BCUT2D eigenvalue weighted by atomic mass is 9.98. The van der Waals surface area contributed by atoms with Gasteiger partial charge in [0.05, 0.1) is 0 Å². The first kappa shape index (κ1) is 25.8. The van der Waals surface area contributed by atoms with Crippen LogP contribution < -0.4 is 4.74 Å². The highest BCUT2D eigenvalue weighted by Gasteiger charge is 2.53. The zero-order chi connectivity index (χ0) is 24.7. The van der Waals surface area contributed by atoms with Gasteiger partial charge in [-0.3, -0.25) is 24.0 Å². The number of ether oxygens (including phenoxy) is 6. The van der Waals surface area contributed by atoms with Crippen molar-refractivity contribution in [1.82, 2.24) is 0 Å². The number of carbonyl (C=O) groups is 5. The second kappa shape index (κ2) is 11.4. The Bertz CT molecular complexity index is 892. The van der Waals surface area contributed by atoms with E-state index in [-0.39, 0.29) is 18.1 Å². The fourth-order valence-corrected chi connectivity index (χ4v) is 3.19. The molecule has 0 bridgehead atoms. The van der Waals surface area contributed by atoms with Crippen molar-refractivity contribution >= 4 is 29.7 Å². The van der Waals surface area contributed by atoms with Crippen LogP contribution in [0.5, 0.6) is 5.75 Å². The molecule has 0 saturated carbocycles. The van der Waals surface area contributed by atoms with E-state index in [1.165, 1.54) is 38.1 Å². The van der Waals surface area contributed by atoms with Crippen LogP contribution in [0, 0.1) is 0 Å². The maximum absolute atomic E-state index is 11.8. The number of ketones is 1. The molecule has 1 aromatic rings. The molecule has 0 aromatic heterocycles. The minimum Gasteiger partial charge on any atom is -0.463 e. The summed E-state index contributed by atoms with van der Waals surface area (Å²) in [7, 11) is 0. The highest BCUT2D eigenvalue weighted by molar-refractivity contribution is 5.94. The molecule has 0 unspecified atom stereocenters. The van der Waals surface area contributed by atoms with Gasteiger partial charge in [0.2, 0.25) is 12.4 Å². The van der Waals surface area contributed by atoms with Gasteiger partial charge in [0.15, 0.2) is 18.0 Å². The quantitative estimate of drug-likeness (QED) is 0.311. The average Bonchev–Trinajstić information content (AvgIpc) is 2.70. The topological polar surface area (TPSA) is 141 Å². The van der Waals surface area contributed by atoms with Crippen molar-refractivity contribution < 1.29 is 52.4 Å². The number of hydrogen-bond donors (Lipinski definition) is 0. The molecule has 0 aliphatic carbocycles. The van der Waals surface area contributed by atoms with Crippen LogP contribution in [-0.2, 0) is 42.9 Å². The van der Waals surface area contributed by atoms with Gasteiger partial charge >= 0.3 is 23.9 Å². The zero-order valence-electron chi connectivity index (χ0n) is 18.9. The summed E-state index contributed by atoms with van der Waals surface area (Å²) in [5.41, 5.74) is 0.448. The van der Waals surface area contributed by atoms with Crippen molar-refractivity contribution in [2.45, 2.75) is 65.3 Å². The minimum absolute atomic E-state index is 0.145. The molecule has 0 N–H and O–H groups in total. The van der Waals surface area contributed by atoms with E-state index in [9.17, 15) is 24.0 Å². The lowest BCUT2D eigenvalue weighted by molar-refractivity contribution is -0.288. The molecular formula is C22H26O11. The number of esters is 4. The molecule has 0 amide bonds. The summed E-state index contributed by atoms with van der Waals surface area (Å²) in [4.78, 5) is 58.2. The monoisotopic (exact) mass is 466 g/mol. The van der Waals surface area contributed by atoms with Crippen LogP contribution in [0.1, 0.15) is 45.0 Å². The predicted octanol–water partition coefficient (Wildman–Crippen LogP) is 1.35. The molecule has 1 aromatic carbocycles. The fourth-order valence-electron chi connectivity index (χ4n) is 3.19. The van der Waals surface area contributed by atoms with Crippen LogP contribution in [0.15, 0.2) is 24.3 Å². The normalized spacial score (nSPS) is 24.2. The van der Waals surface area contributed by atoms with Crippen LogP contribution in [0.25, 0.3) is 0 Å². The third kappa shape index (κ3) is 7.56. The van der Waals surface area contributed by atoms with Gasteiger partial charge in [0.25, 0.3) is 0 Å². The molecule has 33 heavy (non-hydrogen) atoms. The summed E-state index contributed by atoms with van der Waals surface area (Å²) < 4.78 is 32.6. The maximum Gasteiger partial charge on any atom is 0.303 e. The van der Waals surface area contributed by atoms with Crippen molar-refractivity contribution in [2.75, 3.05) is 6.61 Å². The third-order valence-corrected chi connectivity index (χ3v) is 4.46. The molecule has 180 valence electrons. The molecule has 0 spiro atoms. The van der Waals surface area contributed by atoms with Crippen LogP contribution in [-0.4, -0.2) is 67.0 Å². The largest absolute Gasteiger partial charge is 0.463 e. The first-order chi connectivity index (χ1) is 15.5. The fraction of sp³-hybridized carbons (Fsp3) is 0.500.